The summed E-state index contributed by atoms with van der Waals surface area (Å²) < 4.78 is 0. The molecule has 2 aromatic rings. The molecule has 0 saturated heterocycles. The van der Waals surface area contributed by atoms with Crippen LogP contribution in [0.3, 0.4) is 0 Å². The normalized spacial score (nSPS) is 19.9. The maximum absolute atomic E-state index is 4.10. The molecule has 1 nitrogen and oxygen atoms in total. The first-order chi connectivity index (χ1) is 24.2. The molecule has 0 atom stereocenters. The molecular formula is C49H51N. The van der Waals surface area contributed by atoms with E-state index < -0.39 is 0 Å². The van der Waals surface area contributed by atoms with E-state index in [1.807, 2.05) is 6.08 Å². The van der Waals surface area contributed by atoms with E-state index in [4.69, 9.17) is 0 Å². The van der Waals surface area contributed by atoms with E-state index in [1.54, 1.807) is 0 Å². The summed E-state index contributed by atoms with van der Waals surface area (Å²) in [5.41, 5.74) is 17.4. The van der Waals surface area contributed by atoms with E-state index in [0.717, 1.165) is 38.5 Å². The summed E-state index contributed by atoms with van der Waals surface area (Å²) in [6.07, 6.45) is 44.2. The zero-order valence-corrected chi connectivity index (χ0v) is 30.6. The molecule has 0 aliphatic heterocycles. The van der Waals surface area contributed by atoms with Crippen molar-refractivity contribution in [2.75, 3.05) is 4.90 Å². The molecule has 252 valence electrons. The molecular weight excluding hydrogens is 603 g/mol. The van der Waals surface area contributed by atoms with Crippen molar-refractivity contribution in [2.24, 2.45) is 0 Å². The predicted octanol–water partition coefficient (Wildman–Crippen LogP) is 13.1. The maximum atomic E-state index is 4.10. The van der Waals surface area contributed by atoms with E-state index >= 15 is 0 Å². The lowest BCUT2D eigenvalue weighted by Gasteiger charge is -2.38. The Kier molecular flexibility index (Phi) is 9.27. The number of hydrogen-bond acceptors (Lipinski definition) is 1. The van der Waals surface area contributed by atoms with Crippen molar-refractivity contribution in [3.8, 4) is 11.1 Å². The van der Waals surface area contributed by atoms with Crippen LogP contribution in [0, 0.1) is 0 Å². The van der Waals surface area contributed by atoms with E-state index in [-0.39, 0.29) is 10.8 Å². The molecule has 0 amide bonds. The van der Waals surface area contributed by atoms with Gasteiger partial charge in [-0.2, -0.15) is 0 Å². The number of benzene rings is 2. The highest BCUT2D eigenvalue weighted by molar-refractivity contribution is 5.89. The van der Waals surface area contributed by atoms with Crippen molar-refractivity contribution in [1.82, 2.24) is 0 Å². The minimum atomic E-state index is -0.174. The average Bonchev–Trinajstić information content (AvgIpc) is 3.52. The smallest absolute Gasteiger partial charge is 0.0508 e. The van der Waals surface area contributed by atoms with Gasteiger partial charge >= 0.3 is 0 Å². The van der Waals surface area contributed by atoms with E-state index in [2.05, 4.69) is 174 Å². The molecule has 7 rings (SSSR count). The van der Waals surface area contributed by atoms with Gasteiger partial charge in [-0.05, 0) is 125 Å². The first-order valence-electron chi connectivity index (χ1n) is 18.5. The molecule has 5 aliphatic carbocycles. The Labute approximate surface area is 300 Å². The van der Waals surface area contributed by atoms with Crippen LogP contribution < -0.4 is 4.90 Å². The Morgan fingerprint density at radius 1 is 0.820 bits per heavy atom. The molecule has 5 aliphatic rings. The quantitative estimate of drug-likeness (QED) is 0.256. The molecule has 2 aromatic carbocycles. The summed E-state index contributed by atoms with van der Waals surface area (Å²) in [4.78, 5) is 2.50. The van der Waals surface area contributed by atoms with E-state index in [1.165, 1.54) is 72.8 Å². The monoisotopic (exact) mass is 653 g/mol. The summed E-state index contributed by atoms with van der Waals surface area (Å²) in [7, 11) is 0. The standard InChI is InChI=1S/C49H51N/c1-7-9-13-20-35(8-2)31-36-21-18-25-40(30-29-36)50(39-23-15-10-11-16-24-39)46-28-19-26-41-42-34-44-38(33-45(42)49(5,6)47(41)46)32-37-22-14-12-17-27-43(37)48(44,3)4/h8-10,12-13,15-17,19-30,33-34H,2,7,11,14,18,31-32H2,1,3-6H3/b13-9-,35-20+. The highest BCUT2D eigenvalue weighted by Gasteiger charge is 2.42. The number of anilines is 1. The largest absolute Gasteiger partial charge is 0.310 e. The molecule has 0 radical (unpaired) electrons. The highest BCUT2D eigenvalue weighted by Crippen LogP contribution is 2.56. The van der Waals surface area contributed by atoms with E-state index in [9.17, 15) is 0 Å². The van der Waals surface area contributed by atoms with Gasteiger partial charge < -0.3 is 4.90 Å². The topological polar surface area (TPSA) is 3.24 Å². The van der Waals surface area contributed by atoms with Crippen LogP contribution in [-0.4, -0.2) is 0 Å². The van der Waals surface area contributed by atoms with E-state index in [0.29, 0.717) is 0 Å². The molecule has 0 fully saturated rings. The molecule has 0 saturated carbocycles. The van der Waals surface area contributed by atoms with Crippen LogP contribution in [-0.2, 0) is 17.3 Å². The van der Waals surface area contributed by atoms with Crippen molar-refractivity contribution >= 4 is 5.69 Å². The third-order valence-corrected chi connectivity index (χ3v) is 11.1. The molecule has 0 N–H and O–H groups in total. The second-order valence-electron chi connectivity index (χ2n) is 15.1. The van der Waals surface area contributed by atoms with Crippen molar-refractivity contribution in [2.45, 2.75) is 84.0 Å². The van der Waals surface area contributed by atoms with Crippen LogP contribution in [0.1, 0.15) is 89.0 Å². The maximum Gasteiger partial charge on any atom is 0.0508 e. The molecule has 0 heterocycles. The lowest BCUT2D eigenvalue weighted by atomic mass is 9.65. The number of hydrogen-bond donors (Lipinski definition) is 0. The number of allylic oxidation sites excluding steroid dienone is 21. The summed E-state index contributed by atoms with van der Waals surface area (Å²) in [5.74, 6) is 0. The van der Waals surface area contributed by atoms with Gasteiger partial charge in [0, 0.05) is 22.2 Å². The zero-order valence-electron chi connectivity index (χ0n) is 30.6. The summed E-state index contributed by atoms with van der Waals surface area (Å²) >= 11 is 0. The van der Waals surface area contributed by atoms with Gasteiger partial charge in [0.1, 0.15) is 0 Å². The third kappa shape index (κ3) is 6.09. The first-order valence-corrected chi connectivity index (χ1v) is 18.5. The number of fused-ring (bicyclic) bond motifs is 5. The van der Waals surface area contributed by atoms with Gasteiger partial charge in [-0.25, -0.2) is 0 Å². The predicted molar refractivity (Wildman–Crippen MR) is 216 cm³/mol. The van der Waals surface area contributed by atoms with Crippen molar-refractivity contribution in [3.63, 3.8) is 0 Å². The van der Waals surface area contributed by atoms with Crippen LogP contribution >= 0.6 is 0 Å². The highest BCUT2D eigenvalue weighted by atomic mass is 15.2. The minimum absolute atomic E-state index is 0.0600. The number of rotatable bonds is 8. The van der Waals surface area contributed by atoms with Crippen LogP contribution in [0.5, 0.6) is 0 Å². The fraction of sp³-hybridized carbons (Fsp3) is 0.265. The van der Waals surface area contributed by atoms with Crippen LogP contribution in [0.25, 0.3) is 11.1 Å². The third-order valence-electron chi connectivity index (χ3n) is 11.1. The second-order valence-corrected chi connectivity index (χ2v) is 15.1. The molecule has 1 heteroatoms. The lowest BCUT2D eigenvalue weighted by molar-refractivity contribution is 0.598. The van der Waals surface area contributed by atoms with Gasteiger partial charge in [-0.3, -0.25) is 0 Å². The Hall–Kier alpha value is -4.88. The summed E-state index contributed by atoms with van der Waals surface area (Å²) in [6, 6.07) is 12.1. The fourth-order valence-electron chi connectivity index (χ4n) is 8.52. The SMILES string of the molecule is C=C/C(=C\C=C/CC)CC1=CCC=C(N(C2=CC=CCC=C2)c2cccc3c2C(C)(C)c2cc4c(cc2-3)C(C)(C)C2=CC=CCC=C2C4)C=C1. The van der Waals surface area contributed by atoms with Crippen LogP contribution in [0.2, 0.25) is 0 Å². The van der Waals surface area contributed by atoms with Crippen molar-refractivity contribution < 1.29 is 0 Å². The molecule has 0 unspecified atom stereocenters. The first kappa shape index (κ1) is 33.6. The Bertz CT molecular complexity index is 2060. The van der Waals surface area contributed by atoms with Crippen LogP contribution in [0.4, 0.5) is 5.69 Å². The van der Waals surface area contributed by atoms with Crippen molar-refractivity contribution in [3.05, 3.63) is 196 Å². The van der Waals surface area contributed by atoms with Gasteiger partial charge in [0.15, 0.2) is 0 Å². The number of nitrogens with zero attached hydrogens (tertiary/aromatic N) is 1. The molecule has 0 bridgehead atoms. The van der Waals surface area contributed by atoms with Gasteiger partial charge in [0.2, 0.25) is 0 Å². The minimum Gasteiger partial charge on any atom is -0.310 e. The second kappa shape index (κ2) is 13.8. The van der Waals surface area contributed by atoms with Crippen molar-refractivity contribution in [1.29, 1.82) is 0 Å². The summed E-state index contributed by atoms with van der Waals surface area (Å²) in [6.45, 7) is 16.0. The van der Waals surface area contributed by atoms with Crippen LogP contribution in [0.15, 0.2) is 174 Å². The Morgan fingerprint density at radius 3 is 2.50 bits per heavy atom. The average molecular weight is 654 g/mol. The van der Waals surface area contributed by atoms with Gasteiger partial charge in [-0.1, -0.05) is 144 Å². The van der Waals surface area contributed by atoms with Gasteiger partial charge in [0.05, 0.1) is 5.69 Å². The van der Waals surface area contributed by atoms with Gasteiger partial charge in [0.25, 0.3) is 0 Å². The fourth-order valence-corrected chi connectivity index (χ4v) is 8.52. The Morgan fingerprint density at radius 2 is 1.66 bits per heavy atom. The molecule has 50 heavy (non-hydrogen) atoms. The van der Waals surface area contributed by atoms with Gasteiger partial charge in [-0.15, -0.1) is 0 Å². The lowest BCUT2D eigenvalue weighted by Crippen LogP contribution is -2.29. The summed E-state index contributed by atoms with van der Waals surface area (Å²) in [5, 5.41) is 0. The molecule has 0 spiro atoms. The molecule has 0 aromatic heterocycles. The zero-order chi connectivity index (χ0) is 34.9. The Balaban J connectivity index is 1.33.